The molecule has 0 amide bonds. The fraction of sp³-hybridized carbons (Fsp3) is 0.278. The molecule has 2 heterocycles. The highest BCUT2D eigenvalue weighted by Gasteiger charge is 2.22. The van der Waals surface area contributed by atoms with Crippen molar-refractivity contribution in [2.24, 2.45) is 0 Å². The molecule has 130 valence electrons. The van der Waals surface area contributed by atoms with Gasteiger partial charge in [0.15, 0.2) is 16.8 Å². The van der Waals surface area contributed by atoms with Crippen LogP contribution in [0.25, 0.3) is 11.4 Å². The van der Waals surface area contributed by atoms with Crippen LogP contribution in [0.1, 0.15) is 30.0 Å². The lowest BCUT2D eigenvalue weighted by molar-refractivity contribution is 0.0994. The van der Waals surface area contributed by atoms with Crippen LogP contribution in [-0.2, 0) is 6.54 Å². The zero-order valence-corrected chi connectivity index (χ0v) is 15.0. The minimum atomic E-state index is -0.363. The molecule has 1 aromatic carbocycles. The van der Waals surface area contributed by atoms with E-state index < -0.39 is 0 Å². The molecule has 3 aromatic rings. The number of hydrogen-bond donors (Lipinski definition) is 0. The van der Waals surface area contributed by atoms with Crippen LogP contribution in [0.4, 0.5) is 4.39 Å². The summed E-state index contributed by atoms with van der Waals surface area (Å²) in [5, 5.41) is 8.80. The Morgan fingerprint density at radius 1 is 1.28 bits per heavy atom. The van der Waals surface area contributed by atoms with E-state index in [0.717, 1.165) is 17.1 Å². The smallest absolute Gasteiger partial charge is 0.192 e. The number of furan rings is 1. The number of nitrogens with zero attached hydrogens (tertiary/aromatic N) is 3. The SMILES string of the molecule is CCn1c(S[C@H](C)C(=O)c2ccc(F)cc2)nnc1-c1ccoc1C. The molecule has 2 aromatic heterocycles. The lowest BCUT2D eigenvalue weighted by atomic mass is 10.1. The van der Waals surface area contributed by atoms with Crippen LogP contribution >= 0.6 is 11.8 Å². The van der Waals surface area contributed by atoms with E-state index in [0.29, 0.717) is 17.3 Å². The summed E-state index contributed by atoms with van der Waals surface area (Å²) in [5.41, 5.74) is 1.37. The number of ketones is 1. The number of carbonyl (C=O) groups is 1. The Balaban J connectivity index is 1.83. The summed E-state index contributed by atoms with van der Waals surface area (Å²) in [4.78, 5) is 12.5. The van der Waals surface area contributed by atoms with Gasteiger partial charge in [-0.1, -0.05) is 11.8 Å². The third-order valence-corrected chi connectivity index (χ3v) is 4.99. The monoisotopic (exact) mass is 359 g/mol. The van der Waals surface area contributed by atoms with Gasteiger partial charge in [0.2, 0.25) is 0 Å². The number of hydrogen-bond acceptors (Lipinski definition) is 5. The molecule has 0 fully saturated rings. The summed E-state index contributed by atoms with van der Waals surface area (Å²) in [7, 11) is 0. The molecule has 0 radical (unpaired) electrons. The number of halogens is 1. The lowest BCUT2D eigenvalue weighted by Gasteiger charge is -2.11. The largest absolute Gasteiger partial charge is 0.469 e. The first-order valence-electron chi connectivity index (χ1n) is 7.95. The van der Waals surface area contributed by atoms with Crippen LogP contribution in [0.5, 0.6) is 0 Å². The van der Waals surface area contributed by atoms with Crippen LogP contribution in [0, 0.1) is 12.7 Å². The predicted molar refractivity (Wildman–Crippen MR) is 94.2 cm³/mol. The third kappa shape index (κ3) is 3.51. The van der Waals surface area contributed by atoms with Gasteiger partial charge >= 0.3 is 0 Å². The van der Waals surface area contributed by atoms with E-state index in [1.165, 1.54) is 36.0 Å². The van der Waals surface area contributed by atoms with Gasteiger partial charge < -0.3 is 8.98 Å². The van der Waals surface area contributed by atoms with Gasteiger partial charge in [-0.05, 0) is 51.1 Å². The molecule has 7 heteroatoms. The fourth-order valence-corrected chi connectivity index (χ4v) is 3.53. The topological polar surface area (TPSA) is 60.9 Å². The Morgan fingerprint density at radius 3 is 2.60 bits per heavy atom. The lowest BCUT2D eigenvalue weighted by Crippen LogP contribution is -2.14. The molecule has 0 spiro atoms. The van der Waals surface area contributed by atoms with Gasteiger partial charge in [-0.2, -0.15) is 0 Å². The van der Waals surface area contributed by atoms with Gasteiger partial charge in [0.25, 0.3) is 0 Å². The van der Waals surface area contributed by atoms with Crippen molar-refractivity contribution in [2.45, 2.75) is 37.7 Å². The Morgan fingerprint density at radius 2 is 2.00 bits per heavy atom. The molecular formula is C18H18FN3O2S. The number of aryl methyl sites for hydroxylation is 1. The molecule has 5 nitrogen and oxygen atoms in total. The number of thioether (sulfide) groups is 1. The van der Waals surface area contributed by atoms with E-state index in [9.17, 15) is 9.18 Å². The number of benzene rings is 1. The summed E-state index contributed by atoms with van der Waals surface area (Å²) in [6.45, 7) is 6.36. The van der Waals surface area contributed by atoms with Crippen molar-refractivity contribution in [1.82, 2.24) is 14.8 Å². The number of Topliss-reactive ketones (excluding diaryl/α,β-unsaturated/α-hetero) is 1. The molecule has 0 N–H and O–H groups in total. The third-order valence-electron chi connectivity index (χ3n) is 3.91. The highest BCUT2D eigenvalue weighted by molar-refractivity contribution is 8.00. The van der Waals surface area contributed by atoms with Crippen molar-refractivity contribution in [3.05, 3.63) is 53.7 Å². The van der Waals surface area contributed by atoms with Crippen molar-refractivity contribution in [3.8, 4) is 11.4 Å². The van der Waals surface area contributed by atoms with Gasteiger partial charge in [-0.3, -0.25) is 4.79 Å². The highest BCUT2D eigenvalue weighted by Crippen LogP contribution is 2.30. The molecule has 0 aliphatic carbocycles. The average Bonchev–Trinajstić information content (AvgIpc) is 3.20. The van der Waals surface area contributed by atoms with Gasteiger partial charge in [-0.25, -0.2) is 4.39 Å². The molecule has 3 rings (SSSR count). The molecule has 1 atom stereocenters. The van der Waals surface area contributed by atoms with Crippen LogP contribution in [0.2, 0.25) is 0 Å². The predicted octanol–water partition coefficient (Wildman–Crippen LogP) is 4.37. The van der Waals surface area contributed by atoms with E-state index in [2.05, 4.69) is 10.2 Å². The Hall–Kier alpha value is -2.41. The standard InChI is InChI=1S/C18H18FN3O2S/c1-4-22-17(15-9-10-24-11(15)2)20-21-18(22)25-12(3)16(23)13-5-7-14(19)8-6-13/h5-10,12H,4H2,1-3H3/t12-/m1/s1. The van der Waals surface area contributed by atoms with Crippen molar-refractivity contribution in [1.29, 1.82) is 0 Å². The fourth-order valence-electron chi connectivity index (χ4n) is 2.54. The molecule has 0 unspecified atom stereocenters. The minimum absolute atomic E-state index is 0.0725. The van der Waals surface area contributed by atoms with Crippen LogP contribution in [0.3, 0.4) is 0 Å². The van der Waals surface area contributed by atoms with Gasteiger partial charge in [-0.15, -0.1) is 10.2 Å². The quantitative estimate of drug-likeness (QED) is 0.483. The Bertz CT molecular complexity index is 886. The Kier molecular flexibility index (Phi) is 5.03. The van der Waals surface area contributed by atoms with Crippen LogP contribution < -0.4 is 0 Å². The average molecular weight is 359 g/mol. The molecule has 0 saturated heterocycles. The Labute approximate surface area is 149 Å². The van der Waals surface area contributed by atoms with Gasteiger partial charge in [0.05, 0.1) is 17.1 Å². The molecule has 0 bridgehead atoms. The normalized spacial score (nSPS) is 12.3. The summed E-state index contributed by atoms with van der Waals surface area (Å²) in [6, 6.07) is 7.43. The van der Waals surface area contributed by atoms with Crippen molar-refractivity contribution in [2.75, 3.05) is 0 Å². The van der Waals surface area contributed by atoms with Crippen molar-refractivity contribution < 1.29 is 13.6 Å². The van der Waals surface area contributed by atoms with Crippen LogP contribution in [-0.4, -0.2) is 25.8 Å². The maximum atomic E-state index is 13.0. The molecule has 25 heavy (non-hydrogen) atoms. The number of carbonyl (C=O) groups excluding carboxylic acids is 1. The molecular weight excluding hydrogens is 341 g/mol. The maximum Gasteiger partial charge on any atom is 0.192 e. The van der Waals surface area contributed by atoms with E-state index in [1.54, 1.807) is 6.26 Å². The summed E-state index contributed by atoms with van der Waals surface area (Å²) >= 11 is 1.34. The first-order valence-corrected chi connectivity index (χ1v) is 8.83. The second kappa shape index (κ2) is 7.23. The number of rotatable bonds is 6. The van der Waals surface area contributed by atoms with Crippen molar-refractivity contribution >= 4 is 17.5 Å². The minimum Gasteiger partial charge on any atom is -0.469 e. The maximum absolute atomic E-state index is 13.0. The summed E-state index contributed by atoms with van der Waals surface area (Å²) in [6.07, 6.45) is 1.62. The number of aromatic nitrogens is 3. The van der Waals surface area contributed by atoms with E-state index in [4.69, 9.17) is 4.42 Å². The highest BCUT2D eigenvalue weighted by atomic mass is 32.2. The zero-order chi connectivity index (χ0) is 18.0. The van der Waals surface area contributed by atoms with E-state index in [1.807, 2.05) is 31.4 Å². The second-order valence-electron chi connectivity index (χ2n) is 5.57. The van der Waals surface area contributed by atoms with Gasteiger partial charge in [0, 0.05) is 12.1 Å². The van der Waals surface area contributed by atoms with E-state index >= 15 is 0 Å². The molecule has 0 aliphatic rings. The van der Waals surface area contributed by atoms with Crippen molar-refractivity contribution in [3.63, 3.8) is 0 Å². The van der Waals surface area contributed by atoms with E-state index in [-0.39, 0.29) is 16.9 Å². The second-order valence-corrected chi connectivity index (χ2v) is 6.88. The van der Waals surface area contributed by atoms with Crippen LogP contribution in [0.15, 0.2) is 46.2 Å². The first kappa shape index (κ1) is 17.4. The summed E-state index contributed by atoms with van der Waals surface area (Å²) < 4.78 is 20.3. The zero-order valence-electron chi connectivity index (χ0n) is 14.2. The van der Waals surface area contributed by atoms with Gasteiger partial charge in [0.1, 0.15) is 11.6 Å². The first-order chi connectivity index (χ1) is 12.0. The molecule has 0 saturated carbocycles. The molecule has 0 aliphatic heterocycles. The summed E-state index contributed by atoms with van der Waals surface area (Å²) in [5.74, 6) is 1.06.